The second-order valence-electron chi connectivity index (χ2n) is 5.08. The predicted octanol–water partition coefficient (Wildman–Crippen LogP) is 3.70. The molecule has 4 heteroatoms. The molecule has 0 unspecified atom stereocenters. The summed E-state index contributed by atoms with van der Waals surface area (Å²) in [7, 11) is 0. The van der Waals surface area contributed by atoms with Gasteiger partial charge < -0.3 is 5.21 Å². The van der Waals surface area contributed by atoms with E-state index in [9.17, 15) is 0 Å². The van der Waals surface area contributed by atoms with Crippen LogP contribution in [0.4, 0.5) is 0 Å². The van der Waals surface area contributed by atoms with Crippen molar-refractivity contribution in [2.24, 2.45) is 5.16 Å². The Hall–Kier alpha value is -0.480. The Morgan fingerprint density at radius 3 is 2.65 bits per heavy atom. The Balaban J connectivity index is 2.33. The van der Waals surface area contributed by atoms with Crippen LogP contribution < -0.4 is 0 Å². The molecule has 3 nitrogen and oxygen atoms in total. The minimum Gasteiger partial charge on any atom is -0.411 e. The van der Waals surface area contributed by atoms with Crippen LogP contribution in [0.25, 0.3) is 0 Å². The summed E-state index contributed by atoms with van der Waals surface area (Å²) in [4.78, 5) is 0. The molecule has 0 atom stereocenters. The molecule has 0 bridgehead atoms. The summed E-state index contributed by atoms with van der Waals surface area (Å²) in [6.07, 6.45) is 8.25. The van der Waals surface area contributed by atoms with Gasteiger partial charge in [0.1, 0.15) is 0 Å². The number of hydrogen-bond acceptors (Lipinski definition) is 4. The van der Waals surface area contributed by atoms with Crippen LogP contribution in [0.1, 0.15) is 46.5 Å². The molecule has 0 aromatic heterocycles. The number of rotatable bonds is 7. The van der Waals surface area contributed by atoms with Crippen LogP contribution >= 0.6 is 11.9 Å². The van der Waals surface area contributed by atoms with E-state index in [4.69, 9.17) is 5.21 Å². The average Bonchev–Trinajstić information content (AvgIpc) is 2.22. The lowest BCUT2D eigenvalue weighted by Crippen LogP contribution is -2.35. The molecule has 1 aliphatic rings. The highest BCUT2D eigenvalue weighted by Gasteiger charge is 2.24. The first kappa shape index (κ1) is 14.6. The number of oxime groups is 1. The SMILES string of the molecule is CCC/C(C=CCC(C)(C)SN1CCC1)=N/O. The fourth-order valence-electron chi connectivity index (χ4n) is 1.67. The van der Waals surface area contributed by atoms with Gasteiger partial charge in [-0.15, -0.1) is 0 Å². The Morgan fingerprint density at radius 2 is 2.18 bits per heavy atom. The van der Waals surface area contributed by atoms with Crippen LogP contribution in [-0.4, -0.2) is 33.1 Å². The van der Waals surface area contributed by atoms with Gasteiger partial charge in [-0.1, -0.05) is 36.5 Å². The molecule has 0 amide bonds. The van der Waals surface area contributed by atoms with E-state index in [1.807, 2.05) is 18.0 Å². The van der Waals surface area contributed by atoms with Crippen molar-refractivity contribution < 1.29 is 5.21 Å². The molecule has 1 aliphatic heterocycles. The van der Waals surface area contributed by atoms with Gasteiger partial charge in [0.15, 0.2) is 0 Å². The average molecular weight is 256 g/mol. The summed E-state index contributed by atoms with van der Waals surface area (Å²) in [5.74, 6) is 0. The largest absolute Gasteiger partial charge is 0.411 e. The molecule has 1 heterocycles. The van der Waals surface area contributed by atoms with E-state index in [1.54, 1.807) is 0 Å². The van der Waals surface area contributed by atoms with E-state index >= 15 is 0 Å². The summed E-state index contributed by atoms with van der Waals surface area (Å²) in [6, 6.07) is 0. The van der Waals surface area contributed by atoms with Crippen molar-refractivity contribution >= 4 is 17.7 Å². The van der Waals surface area contributed by atoms with Crippen LogP contribution in [0.2, 0.25) is 0 Å². The Morgan fingerprint density at radius 1 is 1.47 bits per heavy atom. The molecule has 17 heavy (non-hydrogen) atoms. The third kappa shape index (κ3) is 5.59. The zero-order chi connectivity index (χ0) is 12.7. The lowest BCUT2D eigenvalue weighted by Gasteiger charge is -2.36. The molecule has 1 rings (SSSR count). The summed E-state index contributed by atoms with van der Waals surface area (Å²) in [5.41, 5.74) is 0.775. The topological polar surface area (TPSA) is 35.8 Å². The van der Waals surface area contributed by atoms with Gasteiger partial charge in [0, 0.05) is 17.8 Å². The zero-order valence-electron chi connectivity index (χ0n) is 11.1. The van der Waals surface area contributed by atoms with Gasteiger partial charge in [0.2, 0.25) is 0 Å². The Bertz CT molecular complexity index is 283. The molecule has 1 fully saturated rings. The molecule has 98 valence electrons. The molecule has 1 saturated heterocycles. The zero-order valence-corrected chi connectivity index (χ0v) is 12.0. The molecule has 0 saturated carbocycles. The Labute approximate surface area is 109 Å². The normalized spacial score (nSPS) is 18.6. The smallest absolute Gasteiger partial charge is 0.0792 e. The lowest BCUT2D eigenvalue weighted by atomic mass is 10.1. The first-order valence-corrected chi connectivity index (χ1v) is 7.16. The van der Waals surface area contributed by atoms with Crippen molar-refractivity contribution in [3.8, 4) is 0 Å². The van der Waals surface area contributed by atoms with Gasteiger partial charge in [0.25, 0.3) is 0 Å². The molecule has 1 N–H and O–H groups in total. The second kappa shape index (κ2) is 7.07. The molecule has 0 radical (unpaired) electrons. The predicted molar refractivity (Wildman–Crippen MR) is 75.7 cm³/mol. The van der Waals surface area contributed by atoms with Crippen molar-refractivity contribution in [2.75, 3.05) is 13.1 Å². The minimum absolute atomic E-state index is 0.226. The Kier molecular flexibility index (Phi) is 6.06. The van der Waals surface area contributed by atoms with Crippen molar-refractivity contribution in [3.63, 3.8) is 0 Å². The molecule has 0 aromatic rings. The van der Waals surface area contributed by atoms with Crippen molar-refractivity contribution in [2.45, 2.75) is 51.2 Å². The fraction of sp³-hybridized carbons (Fsp3) is 0.769. The highest BCUT2D eigenvalue weighted by Crippen LogP contribution is 2.34. The highest BCUT2D eigenvalue weighted by atomic mass is 32.2. The minimum atomic E-state index is 0.226. The van der Waals surface area contributed by atoms with Crippen LogP contribution in [0, 0.1) is 0 Å². The maximum atomic E-state index is 8.80. The standard InChI is InChI=1S/C13H24N2OS/c1-4-7-12(14-16)8-5-9-13(2,3)17-15-10-6-11-15/h5,8,16H,4,6-7,9-11H2,1-3H3/b8-5?,14-12-. The van der Waals surface area contributed by atoms with Gasteiger partial charge in [-0.25, -0.2) is 0 Å². The monoisotopic (exact) mass is 256 g/mol. The summed E-state index contributed by atoms with van der Waals surface area (Å²) >= 11 is 1.94. The summed E-state index contributed by atoms with van der Waals surface area (Å²) in [6.45, 7) is 9.04. The fourth-order valence-corrected chi connectivity index (χ4v) is 2.98. The van der Waals surface area contributed by atoms with Crippen LogP contribution in [-0.2, 0) is 0 Å². The number of allylic oxidation sites excluding steroid dienone is 2. The van der Waals surface area contributed by atoms with Crippen molar-refractivity contribution in [1.29, 1.82) is 0 Å². The van der Waals surface area contributed by atoms with Crippen LogP contribution in [0.15, 0.2) is 17.3 Å². The summed E-state index contributed by atoms with van der Waals surface area (Å²) < 4.78 is 2.64. The highest BCUT2D eigenvalue weighted by molar-refractivity contribution is 7.98. The third-order valence-corrected chi connectivity index (χ3v) is 4.03. The quantitative estimate of drug-likeness (QED) is 0.326. The van der Waals surface area contributed by atoms with Gasteiger partial charge >= 0.3 is 0 Å². The van der Waals surface area contributed by atoms with E-state index in [0.717, 1.165) is 25.0 Å². The van der Waals surface area contributed by atoms with Gasteiger partial charge in [-0.05, 0) is 39.2 Å². The molecule has 0 aliphatic carbocycles. The van der Waals surface area contributed by atoms with Crippen molar-refractivity contribution in [1.82, 2.24) is 4.31 Å². The first-order chi connectivity index (χ1) is 8.07. The number of nitrogens with zero attached hydrogens (tertiary/aromatic N) is 2. The molecular weight excluding hydrogens is 232 g/mol. The van der Waals surface area contributed by atoms with E-state index < -0.39 is 0 Å². The van der Waals surface area contributed by atoms with Crippen LogP contribution in [0.3, 0.4) is 0 Å². The number of hydrogen-bond donors (Lipinski definition) is 1. The van der Waals surface area contributed by atoms with Gasteiger partial charge in [-0.3, -0.25) is 4.31 Å². The molecule has 0 aromatic carbocycles. The maximum absolute atomic E-state index is 8.80. The molecular formula is C13H24N2OS. The second-order valence-corrected chi connectivity index (χ2v) is 6.89. The van der Waals surface area contributed by atoms with E-state index in [1.165, 1.54) is 19.5 Å². The van der Waals surface area contributed by atoms with E-state index in [-0.39, 0.29) is 4.75 Å². The van der Waals surface area contributed by atoms with E-state index in [2.05, 4.69) is 36.3 Å². The van der Waals surface area contributed by atoms with Gasteiger partial charge in [0.05, 0.1) is 5.71 Å². The maximum Gasteiger partial charge on any atom is 0.0792 e. The van der Waals surface area contributed by atoms with Crippen LogP contribution in [0.5, 0.6) is 0 Å². The van der Waals surface area contributed by atoms with E-state index in [0.29, 0.717) is 0 Å². The van der Waals surface area contributed by atoms with Gasteiger partial charge in [-0.2, -0.15) is 0 Å². The molecule has 0 spiro atoms. The first-order valence-electron chi connectivity index (χ1n) is 6.39. The lowest BCUT2D eigenvalue weighted by molar-refractivity contribution is 0.318. The summed E-state index contributed by atoms with van der Waals surface area (Å²) in [5, 5.41) is 12.1. The third-order valence-electron chi connectivity index (χ3n) is 2.75. The van der Waals surface area contributed by atoms with Crippen molar-refractivity contribution in [3.05, 3.63) is 12.2 Å².